The number of halogens is 3. The minimum absolute atomic E-state index is 0.387. The number of hydrogen-bond donors (Lipinski definition) is 0. The van der Waals surface area contributed by atoms with Crippen LogP contribution in [0.2, 0.25) is 0 Å². The van der Waals surface area contributed by atoms with Gasteiger partial charge in [0.05, 0.1) is 11.6 Å². The highest BCUT2D eigenvalue weighted by Crippen LogP contribution is 2.32. The number of nitrogens with zero attached hydrogens (tertiary/aromatic N) is 1. The predicted octanol–water partition coefficient (Wildman–Crippen LogP) is 4.83. The highest BCUT2D eigenvalue weighted by molar-refractivity contribution is 5.67. The Morgan fingerprint density at radius 2 is 1.60 bits per heavy atom. The van der Waals surface area contributed by atoms with Gasteiger partial charge in [-0.25, -0.2) is 0 Å². The van der Waals surface area contributed by atoms with Crippen LogP contribution in [0.1, 0.15) is 17.5 Å². The molecule has 0 aliphatic heterocycles. The van der Waals surface area contributed by atoms with Crippen LogP contribution < -0.4 is 0 Å². The molecule has 0 amide bonds. The molecule has 2 aromatic carbocycles. The average Bonchev–Trinajstić information content (AvgIpc) is 2.45. The van der Waals surface area contributed by atoms with Gasteiger partial charge < -0.3 is 0 Å². The molecule has 1 nitrogen and oxygen atoms in total. The number of hydrogen-bond acceptors (Lipinski definition) is 1. The summed E-state index contributed by atoms with van der Waals surface area (Å²) < 4.78 is 37.6. The van der Waals surface area contributed by atoms with Crippen molar-refractivity contribution >= 4 is 0 Å². The van der Waals surface area contributed by atoms with E-state index in [9.17, 15) is 13.2 Å². The first-order chi connectivity index (χ1) is 9.52. The van der Waals surface area contributed by atoms with Crippen LogP contribution in [0.15, 0.2) is 48.5 Å². The fraction of sp³-hybridized carbons (Fsp3) is 0.188. The zero-order chi connectivity index (χ0) is 14.6. The highest BCUT2D eigenvalue weighted by atomic mass is 19.4. The van der Waals surface area contributed by atoms with E-state index >= 15 is 0 Å². The second-order valence-corrected chi connectivity index (χ2v) is 4.39. The van der Waals surface area contributed by atoms with Crippen molar-refractivity contribution in [1.29, 1.82) is 5.26 Å². The van der Waals surface area contributed by atoms with Gasteiger partial charge in [-0.3, -0.25) is 0 Å². The fourth-order valence-electron chi connectivity index (χ4n) is 2.05. The van der Waals surface area contributed by atoms with Crippen molar-refractivity contribution in [3.8, 4) is 17.2 Å². The lowest BCUT2D eigenvalue weighted by molar-refractivity contribution is -0.137. The van der Waals surface area contributed by atoms with Gasteiger partial charge in [0.25, 0.3) is 0 Å². The molecule has 2 rings (SSSR count). The lowest BCUT2D eigenvalue weighted by atomic mass is 9.96. The molecular formula is C16H12F3N. The van der Waals surface area contributed by atoms with Gasteiger partial charge in [0.15, 0.2) is 0 Å². The molecule has 0 aliphatic rings. The maximum absolute atomic E-state index is 12.5. The average molecular weight is 275 g/mol. The molecule has 4 heteroatoms. The minimum atomic E-state index is -4.32. The molecule has 0 fully saturated rings. The van der Waals surface area contributed by atoms with Crippen molar-refractivity contribution < 1.29 is 13.2 Å². The van der Waals surface area contributed by atoms with E-state index in [1.807, 2.05) is 24.3 Å². The molecule has 0 saturated heterocycles. The maximum Gasteiger partial charge on any atom is 0.416 e. The summed E-state index contributed by atoms with van der Waals surface area (Å²) in [7, 11) is 0. The summed E-state index contributed by atoms with van der Waals surface area (Å²) >= 11 is 0. The van der Waals surface area contributed by atoms with Gasteiger partial charge in [-0.05, 0) is 35.2 Å². The Balaban J connectivity index is 2.35. The molecule has 0 unspecified atom stereocenters. The summed E-state index contributed by atoms with van der Waals surface area (Å²) in [5.74, 6) is 0. The summed E-state index contributed by atoms with van der Waals surface area (Å²) in [6.07, 6.45) is -3.34. The summed E-state index contributed by atoms with van der Waals surface area (Å²) in [6.45, 7) is 0. The van der Waals surface area contributed by atoms with Crippen molar-refractivity contribution in [2.75, 3.05) is 0 Å². The Morgan fingerprint density at radius 3 is 2.20 bits per heavy atom. The van der Waals surface area contributed by atoms with Crippen LogP contribution in [0.25, 0.3) is 11.1 Å². The van der Waals surface area contributed by atoms with E-state index < -0.39 is 11.7 Å². The molecule has 0 aliphatic carbocycles. The standard InChI is InChI=1S/C16H12F3N/c17-16(18,19)14-9-7-13(8-10-14)15-6-2-1-4-12(15)5-3-11-20/h1-2,4,6-10H,3,5H2. The maximum atomic E-state index is 12.5. The number of aryl methyl sites for hydroxylation is 1. The van der Waals surface area contributed by atoms with Gasteiger partial charge in [-0.2, -0.15) is 18.4 Å². The molecule has 0 atom stereocenters. The first-order valence-electron chi connectivity index (χ1n) is 6.15. The van der Waals surface area contributed by atoms with Crippen molar-refractivity contribution in [2.24, 2.45) is 0 Å². The van der Waals surface area contributed by atoms with Gasteiger partial charge >= 0.3 is 6.18 Å². The Morgan fingerprint density at radius 1 is 0.950 bits per heavy atom. The lowest BCUT2D eigenvalue weighted by Gasteiger charge is -2.10. The third-order valence-corrected chi connectivity index (χ3v) is 3.05. The minimum Gasteiger partial charge on any atom is -0.198 e. The van der Waals surface area contributed by atoms with E-state index in [2.05, 4.69) is 6.07 Å². The van der Waals surface area contributed by atoms with Gasteiger partial charge in [-0.1, -0.05) is 36.4 Å². The van der Waals surface area contributed by atoms with E-state index in [1.165, 1.54) is 12.1 Å². The van der Waals surface area contributed by atoms with Crippen molar-refractivity contribution in [3.63, 3.8) is 0 Å². The molecule has 0 aromatic heterocycles. The van der Waals surface area contributed by atoms with Gasteiger partial charge in [-0.15, -0.1) is 0 Å². The molecule has 102 valence electrons. The van der Waals surface area contributed by atoms with Gasteiger partial charge in [0.2, 0.25) is 0 Å². The quantitative estimate of drug-likeness (QED) is 0.787. The largest absolute Gasteiger partial charge is 0.416 e. The second-order valence-electron chi connectivity index (χ2n) is 4.39. The normalized spacial score (nSPS) is 11.1. The second kappa shape index (κ2) is 5.79. The zero-order valence-corrected chi connectivity index (χ0v) is 10.6. The van der Waals surface area contributed by atoms with Gasteiger partial charge in [0, 0.05) is 6.42 Å². The number of nitriles is 1. The third kappa shape index (κ3) is 3.18. The van der Waals surface area contributed by atoms with E-state index in [-0.39, 0.29) is 0 Å². The zero-order valence-electron chi connectivity index (χ0n) is 10.6. The molecule has 0 N–H and O–H groups in total. The Labute approximate surface area is 115 Å². The van der Waals surface area contributed by atoms with E-state index in [0.29, 0.717) is 12.8 Å². The van der Waals surface area contributed by atoms with E-state index in [1.54, 1.807) is 0 Å². The van der Waals surface area contributed by atoms with Crippen LogP contribution in [0, 0.1) is 11.3 Å². The molecule has 2 aromatic rings. The predicted molar refractivity (Wildman–Crippen MR) is 70.8 cm³/mol. The van der Waals surface area contributed by atoms with Crippen LogP contribution in [-0.4, -0.2) is 0 Å². The molecule has 0 bridgehead atoms. The molecule has 20 heavy (non-hydrogen) atoms. The summed E-state index contributed by atoms with van der Waals surface area (Å²) in [6, 6.07) is 14.6. The number of rotatable bonds is 3. The molecular weight excluding hydrogens is 263 g/mol. The SMILES string of the molecule is N#CCCc1ccccc1-c1ccc(C(F)(F)F)cc1. The van der Waals surface area contributed by atoms with Crippen LogP contribution in [0.3, 0.4) is 0 Å². The summed E-state index contributed by atoms with van der Waals surface area (Å²) in [4.78, 5) is 0. The number of alkyl halides is 3. The topological polar surface area (TPSA) is 23.8 Å². The van der Waals surface area contributed by atoms with Gasteiger partial charge in [0.1, 0.15) is 0 Å². The van der Waals surface area contributed by atoms with Crippen molar-refractivity contribution in [2.45, 2.75) is 19.0 Å². The number of benzene rings is 2. The van der Waals surface area contributed by atoms with Crippen molar-refractivity contribution in [3.05, 3.63) is 59.7 Å². The van der Waals surface area contributed by atoms with Crippen molar-refractivity contribution in [1.82, 2.24) is 0 Å². The van der Waals surface area contributed by atoms with E-state index in [0.717, 1.165) is 28.8 Å². The smallest absolute Gasteiger partial charge is 0.198 e. The van der Waals surface area contributed by atoms with Crippen LogP contribution in [-0.2, 0) is 12.6 Å². The monoisotopic (exact) mass is 275 g/mol. The summed E-state index contributed by atoms with van der Waals surface area (Å²) in [5, 5.41) is 8.64. The molecule has 0 saturated carbocycles. The van der Waals surface area contributed by atoms with Crippen LogP contribution in [0.4, 0.5) is 13.2 Å². The highest BCUT2D eigenvalue weighted by Gasteiger charge is 2.29. The Kier molecular flexibility index (Phi) is 4.09. The molecule has 0 heterocycles. The molecule has 0 radical (unpaired) electrons. The first kappa shape index (κ1) is 14.1. The lowest BCUT2D eigenvalue weighted by Crippen LogP contribution is -2.04. The van der Waals surface area contributed by atoms with Crippen LogP contribution in [0.5, 0.6) is 0 Å². The first-order valence-corrected chi connectivity index (χ1v) is 6.15. The summed E-state index contributed by atoms with van der Waals surface area (Å²) in [5.41, 5.74) is 1.91. The van der Waals surface area contributed by atoms with Crippen LogP contribution >= 0.6 is 0 Å². The third-order valence-electron chi connectivity index (χ3n) is 3.05. The fourth-order valence-corrected chi connectivity index (χ4v) is 2.05. The Bertz CT molecular complexity index is 621. The van der Waals surface area contributed by atoms with E-state index in [4.69, 9.17) is 5.26 Å². The Hall–Kier alpha value is -2.28. The molecule has 0 spiro atoms.